The largest absolute Gasteiger partial charge is 0.428 e. The Hall–Kier alpha value is -2.94. The number of aromatic nitrogens is 2. The van der Waals surface area contributed by atoms with Crippen LogP contribution < -0.4 is 5.32 Å². The van der Waals surface area contributed by atoms with Gasteiger partial charge in [-0.3, -0.25) is 4.79 Å². The lowest BCUT2D eigenvalue weighted by Crippen LogP contribution is -2.45. The van der Waals surface area contributed by atoms with E-state index >= 15 is 0 Å². The Morgan fingerprint density at radius 3 is 2.35 bits per heavy atom. The third kappa shape index (κ3) is 4.14. The fourth-order valence-corrected chi connectivity index (χ4v) is 3.38. The summed E-state index contributed by atoms with van der Waals surface area (Å²) >= 11 is 0. The van der Waals surface area contributed by atoms with Gasteiger partial charge in [0.1, 0.15) is 5.82 Å². The lowest BCUT2D eigenvalue weighted by molar-refractivity contribution is -0.252. The van der Waals surface area contributed by atoms with Crippen molar-refractivity contribution in [2.45, 2.75) is 39.1 Å². The van der Waals surface area contributed by atoms with Crippen LogP contribution in [-0.4, -0.2) is 33.3 Å². The van der Waals surface area contributed by atoms with Gasteiger partial charge in [0, 0.05) is 24.2 Å². The van der Waals surface area contributed by atoms with E-state index in [1.54, 1.807) is 6.92 Å². The van der Waals surface area contributed by atoms with Gasteiger partial charge in [-0.25, -0.2) is 9.37 Å². The van der Waals surface area contributed by atoms with Crippen LogP contribution in [0.4, 0.5) is 17.6 Å². The van der Waals surface area contributed by atoms with Crippen LogP contribution in [0.2, 0.25) is 0 Å². The van der Waals surface area contributed by atoms with Crippen LogP contribution in [0, 0.1) is 11.7 Å². The minimum Gasteiger partial charge on any atom is -0.370 e. The number of imidazole rings is 1. The molecular formula is C22H23F4N3O2. The number of aryl methyl sites for hydroxylation is 1. The predicted molar refractivity (Wildman–Crippen MR) is 108 cm³/mol. The van der Waals surface area contributed by atoms with Crippen molar-refractivity contribution >= 4 is 16.9 Å². The zero-order chi connectivity index (χ0) is 23.0. The topological polar surface area (TPSA) is 67.1 Å². The van der Waals surface area contributed by atoms with Gasteiger partial charge in [-0.2, -0.15) is 13.2 Å². The highest BCUT2D eigenvalue weighted by atomic mass is 19.4. The summed E-state index contributed by atoms with van der Waals surface area (Å²) in [5.41, 5.74) is -3.30. The van der Waals surface area contributed by atoms with Gasteiger partial charge in [0.25, 0.3) is 5.91 Å². The third-order valence-corrected chi connectivity index (χ3v) is 4.99. The lowest BCUT2D eigenvalue weighted by Gasteiger charge is -2.30. The van der Waals surface area contributed by atoms with E-state index < -0.39 is 29.0 Å². The van der Waals surface area contributed by atoms with Gasteiger partial charge in [0.15, 0.2) is 5.82 Å². The van der Waals surface area contributed by atoms with Crippen molar-refractivity contribution in [1.82, 2.24) is 14.9 Å². The van der Waals surface area contributed by atoms with Gasteiger partial charge in [0.05, 0.1) is 11.0 Å². The second-order valence-electron chi connectivity index (χ2n) is 7.70. The number of carbonyl (C=O) groups is 1. The SMILES string of the molecule is CCn1c(C(O)(c2ccc(F)cc2)C(F)(F)F)nc2cc(C(=O)NCC(C)C)ccc21. The Morgan fingerprint density at radius 2 is 1.81 bits per heavy atom. The normalized spacial score (nSPS) is 14.1. The Morgan fingerprint density at radius 1 is 1.16 bits per heavy atom. The molecule has 0 spiro atoms. The second-order valence-corrected chi connectivity index (χ2v) is 7.70. The number of amides is 1. The molecule has 0 saturated heterocycles. The first kappa shape index (κ1) is 22.7. The van der Waals surface area contributed by atoms with Gasteiger partial charge >= 0.3 is 6.18 Å². The number of halogens is 4. The molecule has 1 unspecified atom stereocenters. The van der Waals surface area contributed by atoms with Gasteiger partial charge in [0.2, 0.25) is 5.60 Å². The van der Waals surface area contributed by atoms with Crippen molar-refractivity contribution in [2.75, 3.05) is 6.54 Å². The Balaban J connectivity index is 2.17. The Labute approximate surface area is 176 Å². The monoisotopic (exact) mass is 437 g/mol. The fraction of sp³-hybridized carbons (Fsp3) is 0.364. The highest BCUT2D eigenvalue weighted by Gasteiger charge is 2.59. The number of benzene rings is 2. The van der Waals surface area contributed by atoms with Crippen LogP contribution in [0.3, 0.4) is 0 Å². The number of hydrogen-bond donors (Lipinski definition) is 2. The maximum absolute atomic E-state index is 14.1. The van der Waals surface area contributed by atoms with E-state index in [9.17, 15) is 27.5 Å². The van der Waals surface area contributed by atoms with Crippen LogP contribution in [0.1, 0.15) is 42.5 Å². The molecule has 0 fully saturated rings. The van der Waals surface area contributed by atoms with Crippen molar-refractivity contribution in [3.05, 3.63) is 65.2 Å². The minimum atomic E-state index is -5.13. The molecule has 0 saturated carbocycles. The number of nitrogens with zero attached hydrogens (tertiary/aromatic N) is 2. The zero-order valence-electron chi connectivity index (χ0n) is 17.3. The maximum atomic E-state index is 14.1. The molecule has 0 aliphatic heterocycles. The number of nitrogens with one attached hydrogen (secondary N) is 1. The first-order chi connectivity index (χ1) is 14.5. The number of aliphatic hydroxyl groups is 1. The highest BCUT2D eigenvalue weighted by Crippen LogP contribution is 2.44. The summed E-state index contributed by atoms with van der Waals surface area (Å²) in [4.78, 5) is 16.4. The first-order valence-corrected chi connectivity index (χ1v) is 9.83. The number of fused-ring (bicyclic) bond motifs is 1. The average Bonchev–Trinajstić information content (AvgIpc) is 3.09. The van der Waals surface area contributed by atoms with Crippen LogP contribution in [-0.2, 0) is 12.1 Å². The average molecular weight is 437 g/mol. The first-order valence-electron chi connectivity index (χ1n) is 9.83. The summed E-state index contributed by atoms with van der Waals surface area (Å²) in [7, 11) is 0. The van der Waals surface area contributed by atoms with Gasteiger partial charge in [-0.05, 0) is 43.2 Å². The molecule has 1 heterocycles. The molecule has 166 valence electrons. The molecule has 1 aromatic heterocycles. The predicted octanol–water partition coefficient (Wildman–Crippen LogP) is 4.38. The van der Waals surface area contributed by atoms with Crippen molar-refractivity contribution in [3.63, 3.8) is 0 Å². The molecule has 3 rings (SSSR count). The fourth-order valence-electron chi connectivity index (χ4n) is 3.38. The molecule has 9 heteroatoms. The molecule has 1 amide bonds. The Bertz CT molecular complexity index is 1090. The molecule has 0 bridgehead atoms. The van der Waals surface area contributed by atoms with E-state index in [-0.39, 0.29) is 29.4 Å². The van der Waals surface area contributed by atoms with Gasteiger partial charge < -0.3 is 15.0 Å². The molecule has 5 nitrogen and oxygen atoms in total. The number of carbonyl (C=O) groups excluding carboxylic acids is 1. The highest BCUT2D eigenvalue weighted by molar-refractivity contribution is 5.97. The number of rotatable bonds is 6. The molecule has 0 aliphatic rings. The van der Waals surface area contributed by atoms with E-state index in [0.717, 1.165) is 24.3 Å². The molecule has 0 aliphatic carbocycles. The van der Waals surface area contributed by atoms with Crippen LogP contribution in [0.15, 0.2) is 42.5 Å². The van der Waals surface area contributed by atoms with Crippen LogP contribution >= 0.6 is 0 Å². The summed E-state index contributed by atoms with van der Waals surface area (Å²) in [6.45, 7) is 6.03. The second kappa shape index (κ2) is 8.30. The quantitative estimate of drug-likeness (QED) is 0.563. The Kier molecular flexibility index (Phi) is 6.09. The molecular weight excluding hydrogens is 414 g/mol. The number of hydrogen-bond acceptors (Lipinski definition) is 3. The molecule has 2 N–H and O–H groups in total. The standard InChI is InChI=1S/C22H23F4N3O2/c1-4-29-18-10-5-14(19(30)27-12-13(2)3)11-17(18)28-20(29)21(31,22(24,25)26)15-6-8-16(23)9-7-15/h5-11,13,31H,4,12H2,1-3H3,(H,27,30). The van der Waals surface area contributed by atoms with E-state index in [1.165, 1.54) is 22.8 Å². The van der Waals surface area contributed by atoms with E-state index in [0.29, 0.717) is 12.1 Å². The van der Waals surface area contributed by atoms with Crippen molar-refractivity contribution in [3.8, 4) is 0 Å². The molecule has 2 aromatic carbocycles. The van der Waals surface area contributed by atoms with E-state index in [1.807, 2.05) is 13.8 Å². The summed E-state index contributed by atoms with van der Waals surface area (Å²) in [5, 5.41) is 13.7. The van der Waals surface area contributed by atoms with Crippen molar-refractivity contribution < 1.29 is 27.5 Å². The maximum Gasteiger partial charge on any atom is 0.428 e. The van der Waals surface area contributed by atoms with E-state index in [4.69, 9.17) is 0 Å². The molecule has 1 atom stereocenters. The smallest absolute Gasteiger partial charge is 0.370 e. The van der Waals surface area contributed by atoms with Gasteiger partial charge in [-0.15, -0.1) is 0 Å². The lowest BCUT2D eigenvalue weighted by atomic mass is 9.92. The summed E-state index contributed by atoms with van der Waals surface area (Å²) in [6.07, 6.45) is -5.13. The van der Waals surface area contributed by atoms with Crippen LogP contribution in [0.5, 0.6) is 0 Å². The van der Waals surface area contributed by atoms with E-state index in [2.05, 4.69) is 10.3 Å². The summed E-state index contributed by atoms with van der Waals surface area (Å²) < 4.78 is 57.0. The molecule has 3 aromatic rings. The molecule has 0 radical (unpaired) electrons. The third-order valence-electron chi connectivity index (χ3n) is 4.99. The van der Waals surface area contributed by atoms with Crippen LogP contribution in [0.25, 0.3) is 11.0 Å². The van der Waals surface area contributed by atoms with Gasteiger partial charge in [-0.1, -0.05) is 26.0 Å². The summed E-state index contributed by atoms with van der Waals surface area (Å²) in [6, 6.07) is 7.85. The van der Waals surface area contributed by atoms with Crippen molar-refractivity contribution in [2.24, 2.45) is 5.92 Å². The van der Waals surface area contributed by atoms with Crippen molar-refractivity contribution in [1.29, 1.82) is 0 Å². The summed E-state index contributed by atoms with van der Waals surface area (Å²) in [5.74, 6) is -1.51. The zero-order valence-corrected chi connectivity index (χ0v) is 17.3. The minimum absolute atomic E-state index is 0.0876. The molecule has 31 heavy (non-hydrogen) atoms. The number of alkyl halides is 3.